The van der Waals surface area contributed by atoms with E-state index in [1.165, 1.54) is 36.6 Å². The van der Waals surface area contributed by atoms with Crippen molar-refractivity contribution in [3.8, 4) is 0 Å². The summed E-state index contributed by atoms with van der Waals surface area (Å²) in [4.78, 5) is 4.61. The third kappa shape index (κ3) is 1.91. The van der Waals surface area contributed by atoms with Crippen molar-refractivity contribution < 1.29 is 0 Å². The van der Waals surface area contributed by atoms with E-state index in [0.717, 1.165) is 12.1 Å². The molecule has 1 aliphatic rings. The third-order valence-corrected chi connectivity index (χ3v) is 4.06. The summed E-state index contributed by atoms with van der Waals surface area (Å²) in [5, 5.41) is 4.96. The lowest BCUT2D eigenvalue weighted by molar-refractivity contribution is 0.355. The van der Waals surface area contributed by atoms with E-state index >= 15 is 0 Å². The Morgan fingerprint density at radius 2 is 2.22 bits per heavy atom. The zero-order chi connectivity index (χ0) is 12.4. The maximum absolute atomic E-state index is 4.61. The Balaban J connectivity index is 2.06. The highest BCUT2D eigenvalue weighted by Gasteiger charge is 2.34. The summed E-state index contributed by atoms with van der Waals surface area (Å²) in [6.45, 7) is 3.39. The molecule has 2 aromatic rings. The number of para-hydroxylation sites is 1. The van der Waals surface area contributed by atoms with E-state index < -0.39 is 0 Å². The summed E-state index contributed by atoms with van der Waals surface area (Å²) in [6, 6.07) is 10.7. The van der Waals surface area contributed by atoms with Crippen molar-refractivity contribution in [3.63, 3.8) is 0 Å². The molecule has 1 N–H and O–H groups in total. The molecule has 1 fully saturated rings. The molecule has 1 aromatic carbocycles. The van der Waals surface area contributed by atoms with Crippen LogP contribution in [0.15, 0.2) is 36.5 Å². The largest absolute Gasteiger partial charge is 0.307 e. The van der Waals surface area contributed by atoms with Crippen molar-refractivity contribution in [3.05, 3.63) is 42.1 Å². The van der Waals surface area contributed by atoms with E-state index in [4.69, 9.17) is 0 Å². The van der Waals surface area contributed by atoms with Gasteiger partial charge in [0.25, 0.3) is 0 Å². The standard InChI is InChI=1S/C16H20N2/c1-2-8-16(9-5-10-18-16)14-11-13-6-3-4-7-15(13)17-12-14/h3-4,6-7,11-12,18H,2,5,8-10H2,1H3. The van der Waals surface area contributed by atoms with Crippen LogP contribution in [0, 0.1) is 0 Å². The molecule has 0 aliphatic carbocycles. The molecular formula is C16H20N2. The molecule has 0 bridgehead atoms. The zero-order valence-electron chi connectivity index (χ0n) is 10.9. The van der Waals surface area contributed by atoms with Gasteiger partial charge in [-0.25, -0.2) is 0 Å². The van der Waals surface area contributed by atoms with Gasteiger partial charge in [0.2, 0.25) is 0 Å². The van der Waals surface area contributed by atoms with Gasteiger partial charge in [-0.3, -0.25) is 4.98 Å². The molecule has 2 heterocycles. The number of pyridine rings is 1. The minimum Gasteiger partial charge on any atom is -0.307 e. The van der Waals surface area contributed by atoms with E-state index in [2.05, 4.69) is 47.7 Å². The van der Waals surface area contributed by atoms with Crippen LogP contribution in [0.3, 0.4) is 0 Å². The Morgan fingerprint density at radius 1 is 1.33 bits per heavy atom. The van der Waals surface area contributed by atoms with Crippen molar-refractivity contribution >= 4 is 10.9 Å². The molecule has 2 nitrogen and oxygen atoms in total. The molecule has 0 spiro atoms. The van der Waals surface area contributed by atoms with E-state index in [1.807, 2.05) is 6.07 Å². The van der Waals surface area contributed by atoms with Crippen LogP contribution in [0.25, 0.3) is 10.9 Å². The molecule has 3 rings (SSSR count). The fraction of sp³-hybridized carbons (Fsp3) is 0.438. The number of hydrogen-bond donors (Lipinski definition) is 1. The molecule has 1 aromatic heterocycles. The number of fused-ring (bicyclic) bond motifs is 1. The quantitative estimate of drug-likeness (QED) is 0.886. The van der Waals surface area contributed by atoms with E-state index in [1.54, 1.807) is 0 Å². The molecule has 18 heavy (non-hydrogen) atoms. The van der Waals surface area contributed by atoms with Crippen LogP contribution in [0.4, 0.5) is 0 Å². The minimum absolute atomic E-state index is 0.172. The third-order valence-electron chi connectivity index (χ3n) is 4.06. The number of hydrogen-bond acceptors (Lipinski definition) is 2. The van der Waals surface area contributed by atoms with Crippen molar-refractivity contribution in [2.45, 2.75) is 38.1 Å². The van der Waals surface area contributed by atoms with Gasteiger partial charge in [-0.2, -0.15) is 0 Å². The molecule has 1 atom stereocenters. The van der Waals surface area contributed by atoms with Gasteiger partial charge in [0.05, 0.1) is 5.52 Å². The molecule has 0 radical (unpaired) electrons. The molecule has 2 heteroatoms. The second-order valence-electron chi connectivity index (χ2n) is 5.28. The van der Waals surface area contributed by atoms with Gasteiger partial charge >= 0.3 is 0 Å². The molecule has 94 valence electrons. The smallest absolute Gasteiger partial charge is 0.0702 e. The van der Waals surface area contributed by atoms with Crippen LogP contribution in [-0.2, 0) is 5.54 Å². The second kappa shape index (κ2) is 4.69. The number of nitrogens with one attached hydrogen (secondary N) is 1. The Hall–Kier alpha value is -1.41. The normalized spacial score (nSPS) is 23.6. The molecule has 1 aliphatic heterocycles. The first kappa shape index (κ1) is 11.7. The summed E-state index contributed by atoms with van der Waals surface area (Å²) in [7, 11) is 0. The van der Waals surface area contributed by atoms with Gasteiger partial charge in [-0.15, -0.1) is 0 Å². The maximum atomic E-state index is 4.61. The molecule has 0 amide bonds. The lowest BCUT2D eigenvalue weighted by atomic mass is 9.85. The summed E-state index contributed by atoms with van der Waals surface area (Å²) >= 11 is 0. The van der Waals surface area contributed by atoms with Gasteiger partial charge in [0.15, 0.2) is 0 Å². The Labute approximate surface area is 108 Å². The second-order valence-corrected chi connectivity index (χ2v) is 5.28. The van der Waals surface area contributed by atoms with Gasteiger partial charge in [-0.1, -0.05) is 31.5 Å². The van der Waals surface area contributed by atoms with Crippen LogP contribution in [0.5, 0.6) is 0 Å². The number of aromatic nitrogens is 1. The molecule has 1 unspecified atom stereocenters. The Morgan fingerprint density at radius 3 is 3.00 bits per heavy atom. The van der Waals surface area contributed by atoms with Crippen molar-refractivity contribution in [2.24, 2.45) is 0 Å². The first-order valence-corrected chi connectivity index (χ1v) is 6.94. The predicted octanol–water partition coefficient (Wildman–Crippen LogP) is 3.61. The average molecular weight is 240 g/mol. The molecule has 1 saturated heterocycles. The Kier molecular flexibility index (Phi) is 3.04. The fourth-order valence-electron chi connectivity index (χ4n) is 3.17. The van der Waals surface area contributed by atoms with Crippen LogP contribution >= 0.6 is 0 Å². The zero-order valence-corrected chi connectivity index (χ0v) is 10.9. The van der Waals surface area contributed by atoms with Crippen molar-refractivity contribution in [2.75, 3.05) is 6.54 Å². The van der Waals surface area contributed by atoms with Crippen LogP contribution in [0.2, 0.25) is 0 Å². The van der Waals surface area contributed by atoms with Gasteiger partial charge in [0.1, 0.15) is 0 Å². The lowest BCUT2D eigenvalue weighted by Gasteiger charge is -2.29. The van der Waals surface area contributed by atoms with Crippen molar-refractivity contribution in [1.29, 1.82) is 0 Å². The highest BCUT2D eigenvalue weighted by atomic mass is 15.0. The maximum Gasteiger partial charge on any atom is 0.0702 e. The summed E-state index contributed by atoms with van der Waals surface area (Å²) < 4.78 is 0. The first-order valence-electron chi connectivity index (χ1n) is 6.94. The van der Waals surface area contributed by atoms with Crippen LogP contribution in [-0.4, -0.2) is 11.5 Å². The van der Waals surface area contributed by atoms with Gasteiger partial charge in [-0.05, 0) is 43.5 Å². The number of rotatable bonds is 3. The number of nitrogens with zero attached hydrogens (tertiary/aromatic N) is 1. The number of benzene rings is 1. The summed E-state index contributed by atoms with van der Waals surface area (Å²) in [5.74, 6) is 0. The topological polar surface area (TPSA) is 24.9 Å². The average Bonchev–Trinajstić information content (AvgIpc) is 2.88. The molecular weight excluding hydrogens is 220 g/mol. The highest BCUT2D eigenvalue weighted by molar-refractivity contribution is 5.79. The van der Waals surface area contributed by atoms with Gasteiger partial charge < -0.3 is 5.32 Å². The minimum atomic E-state index is 0.172. The van der Waals surface area contributed by atoms with Gasteiger partial charge in [0, 0.05) is 17.1 Å². The van der Waals surface area contributed by atoms with Crippen LogP contribution in [0.1, 0.15) is 38.2 Å². The SMILES string of the molecule is CCCC1(c2cnc3ccccc3c2)CCCN1. The summed E-state index contributed by atoms with van der Waals surface area (Å²) in [5.41, 5.74) is 2.62. The van der Waals surface area contributed by atoms with Crippen molar-refractivity contribution in [1.82, 2.24) is 10.3 Å². The monoisotopic (exact) mass is 240 g/mol. The highest BCUT2D eigenvalue weighted by Crippen LogP contribution is 2.35. The lowest BCUT2D eigenvalue weighted by Crippen LogP contribution is -2.36. The fourth-order valence-corrected chi connectivity index (χ4v) is 3.17. The van der Waals surface area contributed by atoms with E-state index in [-0.39, 0.29) is 5.54 Å². The van der Waals surface area contributed by atoms with E-state index in [0.29, 0.717) is 0 Å². The Bertz CT molecular complexity index is 542. The summed E-state index contributed by atoms with van der Waals surface area (Å²) in [6.07, 6.45) is 6.98. The van der Waals surface area contributed by atoms with E-state index in [9.17, 15) is 0 Å². The van der Waals surface area contributed by atoms with Crippen LogP contribution < -0.4 is 5.32 Å². The first-order chi connectivity index (χ1) is 8.84. The predicted molar refractivity (Wildman–Crippen MR) is 75.6 cm³/mol. The molecule has 0 saturated carbocycles.